The lowest BCUT2D eigenvalue weighted by Gasteiger charge is -2.16. The Labute approximate surface area is 195 Å². The van der Waals surface area contributed by atoms with Crippen molar-refractivity contribution in [2.45, 2.75) is 46.3 Å². The molecule has 0 spiro atoms. The summed E-state index contributed by atoms with van der Waals surface area (Å²) >= 11 is 0. The van der Waals surface area contributed by atoms with Crippen LogP contribution >= 0.6 is 0 Å². The van der Waals surface area contributed by atoms with Gasteiger partial charge < -0.3 is 24.6 Å². The van der Waals surface area contributed by atoms with Gasteiger partial charge in [0.15, 0.2) is 5.82 Å². The molecular formula is C23H25N7O4. The number of fused-ring (bicyclic) bond motifs is 1. The highest BCUT2D eigenvalue weighted by Gasteiger charge is 2.35. The molecule has 34 heavy (non-hydrogen) atoms. The molecule has 0 radical (unpaired) electrons. The van der Waals surface area contributed by atoms with Crippen LogP contribution in [0.1, 0.15) is 30.6 Å². The van der Waals surface area contributed by atoms with E-state index in [2.05, 4.69) is 25.5 Å². The third-order valence-corrected chi connectivity index (χ3v) is 5.87. The Hall–Kier alpha value is -4.15. The second-order valence-corrected chi connectivity index (χ2v) is 8.56. The highest BCUT2D eigenvalue weighted by molar-refractivity contribution is 5.75. The zero-order chi connectivity index (χ0) is 24.0. The predicted octanol–water partition coefficient (Wildman–Crippen LogP) is 3.97. The lowest BCUT2D eigenvalue weighted by molar-refractivity contribution is 0.135. The SMILES string of the molecule is Cc1cc(Nc2cc3cc(-c4c(O[C@H]5C[C@@H](C)N(C(=O)O)C5)noc4C)ccn3n2)nc(C)n1. The number of nitrogens with one attached hydrogen (secondary N) is 1. The van der Waals surface area contributed by atoms with Crippen molar-refractivity contribution in [1.29, 1.82) is 0 Å². The summed E-state index contributed by atoms with van der Waals surface area (Å²) in [6.45, 7) is 7.75. The van der Waals surface area contributed by atoms with E-state index in [0.29, 0.717) is 42.1 Å². The topological polar surface area (TPSA) is 131 Å². The second-order valence-electron chi connectivity index (χ2n) is 8.56. The molecule has 1 amide bonds. The molecule has 5 rings (SSSR count). The van der Waals surface area contributed by atoms with E-state index < -0.39 is 6.09 Å². The molecule has 1 aliphatic heterocycles. The molecule has 4 aromatic rings. The molecule has 0 unspecified atom stereocenters. The van der Waals surface area contributed by atoms with E-state index in [-0.39, 0.29) is 12.1 Å². The van der Waals surface area contributed by atoms with Gasteiger partial charge in [-0.1, -0.05) is 0 Å². The van der Waals surface area contributed by atoms with Crippen LogP contribution in [0.4, 0.5) is 16.4 Å². The summed E-state index contributed by atoms with van der Waals surface area (Å²) in [7, 11) is 0. The number of carboxylic acid groups (broad SMARTS) is 1. The van der Waals surface area contributed by atoms with Crippen LogP contribution in [0.25, 0.3) is 16.6 Å². The van der Waals surface area contributed by atoms with Crippen LogP contribution in [0.3, 0.4) is 0 Å². The molecule has 0 aromatic carbocycles. The van der Waals surface area contributed by atoms with Gasteiger partial charge in [-0.25, -0.2) is 19.3 Å². The van der Waals surface area contributed by atoms with Gasteiger partial charge in [0.2, 0.25) is 0 Å². The summed E-state index contributed by atoms with van der Waals surface area (Å²) in [6, 6.07) is 7.55. The maximum absolute atomic E-state index is 11.4. The molecule has 0 bridgehead atoms. The minimum Gasteiger partial charge on any atom is -0.470 e. The quantitative estimate of drug-likeness (QED) is 0.451. The van der Waals surface area contributed by atoms with E-state index in [4.69, 9.17) is 9.26 Å². The van der Waals surface area contributed by atoms with Crippen molar-refractivity contribution >= 4 is 23.2 Å². The van der Waals surface area contributed by atoms with E-state index in [9.17, 15) is 9.90 Å². The molecule has 11 nitrogen and oxygen atoms in total. The first kappa shape index (κ1) is 21.7. The molecule has 4 aromatic heterocycles. The Kier molecular flexibility index (Phi) is 5.31. The summed E-state index contributed by atoms with van der Waals surface area (Å²) in [5, 5.41) is 21.2. The zero-order valence-electron chi connectivity index (χ0n) is 19.3. The Morgan fingerprint density at radius 1 is 1.21 bits per heavy atom. The third-order valence-electron chi connectivity index (χ3n) is 5.87. The first-order valence-corrected chi connectivity index (χ1v) is 11.0. The first-order chi connectivity index (χ1) is 16.3. The summed E-state index contributed by atoms with van der Waals surface area (Å²) in [4.78, 5) is 21.5. The van der Waals surface area contributed by atoms with Crippen LogP contribution in [0.2, 0.25) is 0 Å². The minimum absolute atomic E-state index is 0.115. The number of aryl methyl sites for hydroxylation is 3. The monoisotopic (exact) mass is 463 g/mol. The molecular weight excluding hydrogens is 438 g/mol. The molecule has 176 valence electrons. The van der Waals surface area contributed by atoms with Gasteiger partial charge in [-0.05, 0) is 50.5 Å². The van der Waals surface area contributed by atoms with Gasteiger partial charge >= 0.3 is 6.09 Å². The van der Waals surface area contributed by atoms with Crippen LogP contribution in [-0.4, -0.2) is 59.5 Å². The number of likely N-dealkylation sites (tertiary alicyclic amines) is 1. The minimum atomic E-state index is -0.946. The van der Waals surface area contributed by atoms with Crippen LogP contribution in [0, 0.1) is 20.8 Å². The number of aromatic nitrogens is 5. The zero-order valence-corrected chi connectivity index (χ0v) is 19.3. The Morgan fingerprint density at radius 2 is 2.03 bits per heavy atom. The molecule has 1 fully saturated rings. The summed E-state index contributed by atoms with van der Waals surface area (Å²) in [5.74, 6) is 3.00. The van der Waals surface area contributed by atoms with Crippen molar-refractivity contribution in [2.75, 3.05) is 11.9 Å². The lowest BCUT2D eigenvalue weighted by atomic mass is 10.1. The fourth-order valence-electron chi connectivity index (χ4n) is 4.37. The number of ether oxygens (including phenoxy) is 1. The first-order valence-electron chi connectivity index (χ1n) is 11.0. The maximum atomic E-state index is 11.4. The number of anilines is 2. The average Bonchev–Trinajstić information content (AvgIpc) is 3.43. The van der Waals surface area contributed by atoms with Gasteiger partial charge in [-0.2, -0.15) is 5.10 Å². The molecule has 5 heterocycles. The van der Waals surface area contributed by atoms with Crippen molar-refractivity contribution in [2.24, 2.45) is 0 Å². The molecule has 0 aliphatic carbocycles. The number of carbonyl (C=O) groups is 1. The summed E-state index contributed by atoms with van der Waals surface area (Å²) in [6.07, 6.45) is 1.21. The average molecular weight is 463 g/mol. The number of hydrogen-bond donors (Lipinski definition) is 2. The van der Waals surface area contributed by atoms with Gasteiger partial charge in [0.25, 0.3) is 5.88 Å². The van der Waals surface area contributed by atoms with Crippen molar-refractivity contribution in [3.05, 3.63) is 47.7 Å². The van der Waals surface area contributed by atoms with Crippen LogP contribution < -0.4 is 10.1 Å². The number of rotatable bonds is 5. The summed E-state index contributed by atoms with van der Waals surface area (Å²) < 4.78 is 13.3. The number of nitrogens with zero attached hydrogens (tertiary/aromatic N) is 6. The predicted molar refractivity (Wildman–Crippen MR) is 123 cm³/mol. The highest BCUT2D eigenvalue weighted by atomic mass is 16.5. The van der Waals surface area contributed by atoms with Crippen LogP contribution in [-0.2, 0) is 0 Å². The fraction of sp³-hybridized carbons (Fsp3) is 0.348. The summed E-state index contributed by atoms with van der Waals surface area (Å²) in [5.41, 5.74) is 3.34. The van der Waals surface area contributed by atoms with Gasteiger partial charge in [-0.15, -0.1) is 0 Å². The molecule has 2 N–H and O–H groups in total. The molecule has 1 aliphatic rings. The van der Waals surface area contributed by atoms with E-state index in [1.165, 1.54) is 4.90 Å². The van der Waals surface area contributed by atoms with E-state index in [0.717, 1.165) is 22.3 Å². The second kappa shape index (κ2) is 8.32. The third kappa shape index (κ3) is 4.12. The smallest absolute Gasteiger partial charge is 0.407 e. The molecule has 2 atom stereocenters. The van der Waals surface area contributed by atoms with Gasteiger partial charge in [0.05, 0.1) is 17.6 Å². The Balaban J connectivity index is 1.40. The molecule has 1 saturated heterocycles. The van der Waals surface area contributed by atoms with Gasteiger partial charge in [0.1, 0.15) is 23.5 Å². The Bertz CT molecular complexity index is 1360. The lowest BCUT2D eigenvalue weighted by Crippen LogP contribution is -2.33. The van der Waals surface area contributed by atoms with Gasteiger partial charge in [0, 0.05) is 36.5 Å². The van der Waals surface area contributed by atoms with Crippen LogP contribution in [0.15, 0.2) is 35.0 Å². The fourth-order valence-corrected chi connectivity index (χ4v) is 4.37. The van der Waals surface area contributed by atoms with Crippen molar-refractivity contribution < 1.29 is 19.2 Å². The van der Waals surface area contributed by atoms with E-state index >= 15 is 0 Å². The maximum Gasteiger partial charge on any atom is 0.407 e. The van der Waals surface area contributed by atoms with E-state index in [1.54, 1.807) is 4.52 Å². The van der Waals surface area contributed by atoms with Crippen molar-refractivity contribution in [3.63, 3.8) is 0 Å². The standard InChI is InChI=1S/C23H25N7O4/c1-12-7-19(25-15(4)24-12)26-20-10-17-9-16(5-6-30(17)27-20)21-14(3)34-28-22(21)33-18-8-13(2)29(11-18)23(31)32/h5-7,9-10,13,18H,8,11H2,1-4H3,(H,31,32)(H,24,25,26,27)/t13-,18+/m1/s1. The highest BCUT2D eigenvalue weighted by Crippen LogP contribution is 2.35. The van der Waals surface area contributed by atoms with Gasteiger partial charge in [-0.3, -0.25) is 0 Å². The molecule has 11 heteroatoms. The normalized spacial score (nSPS) is 17.9. The van der Waals surface area contributed by atoms with E-state index in [1.807, 2.05) is 58.2 Å². The number of amides is 1. The van der Waals surface area contributed by atoms with Crippen LogP contribution in [0.5, 0.6) is 5.88 Å². The molecule has 0 saturated carbocycles. The van der Waals surface area contributed by atoms with Crippen molar-refractivity contribution in [3.8, 4) is 17.0 Å². The Morgan fingerprint density at radius 3 is 2.76 bits per heavy atom. The number of hydrogen-bond acceptors (Lipinski definition) is 8. The number of pyridine rings is 1. The van der Waals surface area contributed by atoms with Crippen molar-refractivity contribution in [1.82, 2.24) is 29.6 Å². The largest absolute Gasteiger partial charge is 0.470 e.